The second-order valence-corrected chi connectivity index (χ2v) is 10.2. The first-order valence-corrected chi connectivity index (χ1v) is 12.4. The van der Waals surface area contributed by atoms with Gasteiger partial charge in [0.1, 0.15) is 11.7 Å². The minimum atomic E-state index is -0.587. The fraction of sp³-hybridized carbons (Fsp3) is 0.500. The standard InChI is InChI=1S/C24H28ClFN2O4S/c1-14(2)8-16(9-19(29)22-10-17-18(26)4-3-5-21(17)33-22)20(30)13-28(23(31)11-25)12-15-6-7-27-24(15)32/h3-5,10,14-16H,6-9,11-13H2,1-2H3,(H,27,32)/t15-,16+/m0/s1. The highest BCUT2D eigenvalue weighted by molar-refractivity contribution is 7.20. The molecule has 9 heteroatoms. The van der Waals surface area contributed by atoms with Gasteiger partial charge in [-0.2, -0.15) is 0 Å². The predicted octanol–water partition coefficient (Wildman–Crippen LogP) is 4.05. The molecule has 3 rings (SSSR count). The number of fused-ring (bicyclic) bond motifs is 1. The van der Waals surface area contributed by atoms with E-state index in [1.54, 1.807) is 12.1 Å². The van der Waals surface area contributed by atoms with Crippen molar-refractivity contribution >= 4 is 56.4 Å². The third kappa shape index (κ3) is 6.38. The molecule has 33 heavy (non-hydrogen) atoms. The summed E-state index contributed by atoms with van der Waals surface area (Å²) in [7, 11) is 0. The van der Waals surface area contributed by atoms with E-state index in [1.807, 2.05) is 13.8 Å². The van der Waals surface area contributed by atoms with Crippen LogP contribution in [0.4, 0.5) is 4.39 Å². The second kappa shape index (κ2) is 11.2. The molecule has 1 aromatic carbocycles. The van der Waals surface area contributed by atoms with Crippen LogP contribution >= 0.6 is 22.9 Å². The molecule has 0 saturated carbocycles. The topological polar surface area (TPSA) is 83.6 Å². The van der Waals surface area contributed by atoms with Gasteiger partial charge in [-0.3, -0.25) is 19.2 Å². The minimum Gasteiger partial charge on any atom is -0.356 e. The summed E-state index contributed by atoms with van der Waals surface area (Å²) in [6.45, 7) is 4.40. The Balaban J connectivity index is 1.74. The van der Waals surface area contributed by atoms with Crippen LogP contribution < -0.4 is 5.32 Å². The highest BCUT2D eigenvalue weighted by Gasteiger charge is 2.31. The predicted molar refractivity (Wildman–Crippen MR) is 127 cm³/mol. The fourth-order valence-corrected chi connectivity index (χ4v) is 5.32. The lowest BCUT2D eigenvalue weighted by Crippen LogP contribution is -2.43. The number of hydrogen-bond acceptors (Lipinski definition) is 5. The lowest BCUT2D eigenvalue weighted by Gasteiger charge is -2.26. The zero-order valence-electron chi connectivity index (χ0n) is 18.7. The number of carbonyl (C=O) groups is 4. The number of Topliss-reactive ketones (excluding diaryl/α,β-unsaturated/α-hetero) is 2. The van der Waals surface area contributed by atoms with Crippen molar-refractivity contribution in [3.05, 3.63) is 35.0 Å². The van der Waals surface area contributed by atoms with Crippen molar-refractivity contribution in [3.63, 3.8) is 0 Å². The molecular weight excluding hydrogens is 467 g/mol. The number of carbonyl (C=O) groups excluding carboxylic acids is 4. The molecule has 1 aromatic heterocycles. The largest absolute Gasteiger partial charge is 0.356 e. The van der Waals surface area contributed by atoms with Crippen LogP contribution in [0.25, 0.3) is 10.1 Å². The maximum absolute atomic E-state index is 14.0. The summed E-state index contributed by atoms with van der Waals surface area (Å²) < 4.78 is 14.7. The fourth-order valence-electron chi connectivity index (χ4n) is 4.13. The molecule has 0 aliphatic carbocycles. The Morgan fingerprint density at radius 3 is 2.67 bits per heavy atom. The van der Waals surface area contributed by atoms with E-state index in [9.17, 15) is 23.6 Å². The molecule has 2 heterocycles. The highest BCUT2D eigenvalue weighted by atomic mass is 35.5. The molecule has 0 radical (unpaired) electrons. The third-order valence-corrected chi connectivity index (χ3v) is 7.21. The number of thiophene rings is 1. The molecule has 1 aliphatic heterocycles. The van der Waals surface area contributed by atoms with Gasteiger partial charge in [-0.25, -0.2) is 4.39 Å². The molecule has 1 N–H and O–H groups in total. The zero-order valence-corrected chi connectivity index (χ0v) is 20.3. The van der Waals surface area contributed by atoms with Crippen LogP contribution in [0, 0.1) is 23.6 Å². The maximum Gasteiger partial charge on any atom is 0.237 e. The number of benzene rings is 1. The van der Waals surface area contributed by atoms with E-state index in [-0.39, 0.29) is 60.5 Å². The monoisotopic (exact) mass is 494 g/mol. The van der Waals surface area contributed by atoms with Gasteiger partial charge < -0.3 is 10.2 Å². The summed E-state index contributed by atoms with van der Waals surface area (Å²) in [5, 5.41) is 3.12. The SMILES string of the molecule is CC(C)C[C@H](CC(=O)c1cc2c(F)cccc2s1)C(=O)CN(C[C@@H]1CCNC1=O)C(=O)CCl. The van der Waals surface area contributed by atoms with Crippen molar-refractivity contribution in [2.45, 2.75) is 33.1 Å². The van der Waals surface area contributed by atoms with Gasteiger partial charge in [-0.05, 0) is 37.0 Å². The first-order valence-electron chi connectivity index (χ1n) is 11.0. The highest BCUT2D eigenvalue weighted by Crippen LogP contribution is 2.30. The van der Waals surface area contributed by atoms with E-state index in [1.165, 1.54) is 28.4 Å². The van der Waals surface area contributed by atoms with Crippen LogP contribution in [0.15, 0.2) is 24.3 Å². The van der Waals surface area contributed by atoms with Crippen molar-refractivity contribution in [1.29, 1.82) is 0 Å². The Labute approximate surface area is 201 Å². The maximum atomic E-state index is 14.0. The summed E-state index contributed by atoms with van der Waals surface area (Å²) in [4.78, 5) is 52.3. The van der Waals surface area contributed by atoms with Gasteiger partial charge in [-0.1, -0.05) is 19.9 Å². The van der Waals surface area contributed by atoms with Gasteiger partial charge in [0, 0.05) is 35.5 Å². The molecule has 178 valence electrons. The lowest BCUT2D eigenvalue weighted by atomic mass is 9.88. The van der Waals surface area contributed by atoms with Crippen LogP contribution in [0.1, 0.15) is 42.8 Å². The molecule has 1 aliphatic rings. The van der Waals surface area contributed by atoms with Crippen LogP contribution in [-0.4, -0.2) is 53.8 Å². The molecular formula is C24H28ClFN2O4S. The molecule has 2 amide bonds. The van der Waals surface area contributed by atoms with Gasteiger partial charge in [-0.15, -0.1) is 22.9 Å². The Hall–Kier alpha value is -2.32. The summed E-state index contributed by atoms with van der Waals surface area (Å²) in [5.41, 5.74) is 0. The number of ketones is 2. The number of nitrogens with one attached hydrogen (secondary N) is 1. The quantitative estimate of drug-likeness (QED) is 0.377. The Kier molecular flexibility index (Phi) is 8.59. The zero-order chi connectivity index (χ0) is 24.1. The molecule has 1 saturated heterocycles. The van der Waals surface area contributed by atoms with Crippen LogP contribution in [0.2, 0.25) is 0 Å². The summed E-state index contributed by atoms with van der Waals surface area (Å²) in [5.74, 6) is -2.49. The van der Waals surface area contributed by atoms with Gasteiger partial charge >= 0.3 is 0 Å². The summed E-state index contributed by atoms with van der Waals surface area (Å²) in [6, 6.07) is 6.24. The summed E-state index contributed by atoms with van der Waals surface area (Å²) >= 11 is 6.95. The average molecular weight is 495 g/mol. The average Bonchev–Trinajstić information content (AvgIpc) is 3.39. The lowest BCUT2D eigenvalue weighted by molar-refractivity contribution is -0.136. The van der Waals surface area contributed by atoms with Crippen molar-refractivity contribution in [2.75, 3.05) is 25.5 Å². The smallest absolute Gasteiger partial charge is 0.237 e. The number of halogens is 2. The van der Waals surface area contributed by atoms with Gasteiger partial charge in [0.15, 0.2) is 11.6 Å². The van der Waals surface area contributed by atoms with Gasteiger partial charge in [0.2, 0.25) is 11.8 Å². The van der Waals surface area contributed by atoms with E-state index in [4.69, 9.17) is 11.6 Å². The molecule has 1 fully saturated rings. The van der Waals surface area contributed by atoms with Crippen molar-refractivity contribution < 1.29 is 23.6 Å². The first-order chi connectivity index (χ1) is 15.7. The third-order valence-electron chi connectivity index (χ3n) is 5.84. The molecule has 2 aromatic rings. The molecule has 2 atom stereocenters. The Morgan fingerprint density at radius 2 is 2.06 bits per heavy atom. The van der Waals surface area contributed by atoms with Crippen molar-refractivity contribution in [3.8, 4) is 0 Å². The number of rotatable bonds is 11. The van der Waals surface area contributed by atoms with Crippen LogP contribution in [-0.2, 0) is 14.4 Å². The number of amides is 2. The summed E-state index contributed by atoms with van der Waals surface area (Å²) in [6.07, 6.45) is 1.06. The Morgan fingerprint density at radius 1 is 1.30 bits per heavy atom. The molecule has 6 nitrogen and oxygen atoms in total. The molecule has 0 unspecified atom stereocenters. The minimum absolute atomic E-state index is 0.0156. The van der Waals surface area contributed by atoms with E-state index in [2.05, 4.69) is 5.32 Å². The number of hydrogen-bond donors (Lipinski definition) is 1. The molecule has 0 bridgehead atoms. The normalized spacial score (nSPS) is 16.8. The molecule has 0 spiro atoms. The van der Waals surface area contributed by atoms with E-state index >= 15 is 0 Å². The Bertz CT molecular complexity index is 1050. The van der Waals surface area contributed by atoms with Gasteiger partial charge in [0.05, 0.1) is 17.3 Å². The van der Waals surface area contributed by atoms with Crippen LogP contribution in [0.5, 0.6) is 0 Å². The van der Waals surface area contributed by atoms with E-state index < -0.39 is 11.8 Å². The van der Waals surface area contributed by atoms with E-state index in [0.29, 0.717) is 34.3 Å². The van der Waals surface area contributed by atoms with Crippen molar-refractivity contribution in [2.24, 2.45) is 17.8 Å². The van der Waals surface area contributed by atoms with Gasteiger partial charge in [0.25, 0.3) is 0 Å². The number of alkyl halides is 1. The first kappa shape index (κ1) is 25.3. The van der Waals surface area contributed by atoms with Crippen molar-refractivity contribution in [1.82, 2.24) is 10.2 Å². The number of nitrogens with zero attached hydrogens (tertiary/aromatic N) is 1. The second-order valence-electron chi connectivity index (χ2n) is 8.87. The van der Waals surface area contributed by atoms with E-state index in [0.717, 1.165) is 0 Å². The van der Waals surface area contributed by atoms with Crippen LogP contribution in [0.3, 0.4) is 0 Å².